The summed E-state index contributed by atoms with van der Waals surface area (Å²) in [5, 5.41) is 4.41. The van der Waals surface area contributed by atoms with Crippen LogP contribution in [0, 0.1) is 0 Å². The molecule has 13 heteroatoms. The molecule has 1 aliphatic rings. The summed E-state index contributed by atoms with van der Waals surface area (Å²) >= 11 is 0. The Kier molecular flexibility index (Phi) is 7.49. The molecule has 0 aliphatic carbocycles. The SMILES string of the molecule is COc1ccc(-n2nc(C(N)=O)c3c2C(=O)N(c2ccc(-n4ccnc4CN(C)S(=O)(=O)c4ccccc4)cc2)CC3)cc1. The zero-order valence-corrected chi connectivity index (χ0v) is 24.8. The Morgan fingerprint density at radius 2 is 1.64 bits per heavy atom. The number of imidazole rings is 1. The molecule has 0 atom stereocenters. The van der Waals surface area contributed by atoms with Crippen LogP contribution in [0.3, 0.4) is 0 Å². The molecular formula is C31H29N7O5S. The standard InChI is InChI=1S/C31H29N7O5S/c1-35(44(41,42)25-6-4-3-5-7-25)20-27-33-17-19-36(27)21-8-10-22(11-9-21)37-18-16-26-28(30(32)39)34-38(29(26)31(37)40)23-12-14-24(43-2)15-13-23/h3-15,17,19H,16,18,20H2,1-2H3,(H2,32,39). The number of primary amides is 1. The lowest BCUT2D eigenvalue weighted by Crippen LogP contribution is -2.39. The molecule has 0 spiro atoms. The third-order valence-corrected chi connectivity index (χ3v) is 9.36. The number of ether oxygens (including phenoxy) is 1. The summed E-state index contributed by atoms with van der Waals surface area (Å²) in [5.74, 6) is 0.160. The van der Waals surface area contributed by atoms with E-state index >= 15 is 0 Å². The van der Waals surface area contributed by atoms with Crippen molar-refractivity contribution in [2.75, 3.05) is 25.6 Å². The number of nitrogens with two attached hydrogens (primary N) is 1. The summed E-state index contributed by atoms with van der Waals surface area (Å²) in [4.78, 5) is 32.3. The highest BCUT2D eigenvalue weighted by atomic mass is 32.2. The Hall–Kier alpha value is -5.27. The number of fused-ring (bicyclic) bond motifs is 1. The quantitative estimate of drug-likeness (QED) is 0.269. The number of hydrogen-bond donors (Lipinski definition) is 1. The molecule has 1 aliphatic heterocycles. The number of methoxy groups -OCH3 is 1. The Morgan fingerprint density at radius 3 is 2.30 bits per heavy atom. The van der Waals surface area contributed by atoms with Crippen molar-refractivity contribution in [3.05, 3.63) is 114 Å². The monoisotopic (exact) mass is 611 g/mol. The van der Waals surface area contributed by atoms with Gasteiger partial charge >= 0.3 is 0 Å². The highest BCUT2D eigenvalue weighted by Gasteiger charge is 2.34. The van der Waals surface area contributed by atoms with Crippen LogP contribution in [0.4, 0.5) is 5.69 Å². The van der Waals surface area contributed by atoms with E-state index in [2.05, 4.69) is 10.1 Å². The fraction of sp³-hybridized carbons (Fsp3) is 0.161. The molecule has 44 heavy (non-hydrogen) atoms. The number of amides is 2. The van der Waals surface area contributed by atoms with Gasteiger partial charge in [0.25, 0.3) is 11.8 Å². The first-order valence-corrected chi connectivity index (χ1v) is 15.1. The van der Waals surface area contributed by atoms with Gasteiger partial charge in [-0.05, 0) is 67.1 Å². The lowest BCUT2D eigenvalue weighted by molar-refractivity contribution is 0.0972. The number of sulfonamides is 1. The van der Waals surface area contributed by atoms with Crippen molar-refractivity contribution >= 4 is 27.5 Å². The van der Waals surface area contributed by atoms with E-state index in [1.54, 1.807) is 83.6 Å². The molecule has 3 heterocycles. The van der Waals surface area contributed by atoms with E-state index in [4.69, 9.17) is 10.5 Å². The third-order valence-electron chi connectivity index (χ3n) is 7.54. The normalized spacial score (nSPS) is 13.2. The maximum Gasteiger partial charge on any atom is 0.277 e. The Labute approximate surface area is 254 Å². The second-order valence-electron chi connectivity index (χ2n) is 10.2. The minimum atomic E-state index is -3.70. The van der Waals surface area contributed by atoms with E-state index in [9.17, 15) is 18.0 Å². The average Bonchev–Trinajstić information content (AvgIpc) is 3.67. The van der Waals surface area contributed by atoms with Crippen LogP contribution in [0.25, 0.3) is 11.4 Å². The second kappa shape index (κ2) is 11.4. The van der Waals surface area contributed by atoms with E-state index in [0.717, 1.165) is 5.69 Å². The van der Waals surface area contributed by atoms with Crippen molar-refractivity contribution in [1.29, 1.82) is 0 Å². The number of aromatic nitrogens is 4. The molecule has 0 bridgehead atoms. The zero-order chi connectivity index (χ0) is 31.0. The molecule has 2 aromatic heterocycles. The number of benzene rings is 3. The predicted octanol–water partition coefficient (Wildman–Crippen LogP) is 3.19. The van der Waals surface area contributed by atoms with Crippen molar-refractivity contribution in [3.63, 3.8) is 0 Å². The van der Waals surface area contributed by atoms with Gasteiger partial charge in [0.05, 0.1) is 24.2 Å². The van der Waals surface area contributed by atoms with Crippen LogP contribution in [0.15, 0.2) is 96.2 Å². The van der Waals surface area contributed by atoms with Gasteiger partial charge in [-0.1, -0.05) is 18.2 Å². The van der Waals surface area contributed by atoms with Gasteiger partial charge in [-0.3, -0.25) is 9.59 Å². The molecule has 0 unspecified atom stereocenters. The van der Waals surface area contributed by atoms with Gasteiger partial charge in [0.1, 0.15) is 17.3 Å². The summed E-state index contributed by atoms with van der Waals surface area (Å²) in [6.07, 6.45) is 3.76. The van der Waals surface area contributed by atoms with E-state index in [1.165, 1.54) is 16.0 Å². The van der Waals surface area contributed by atoms with Gasteiger partial charge in [-0.25, -0.2) is 18.1 Å². The second-order valence-corrected chi connectivity index (χ2v) is 12.2. The molecule has 3 aromatic carbocycles. The van der Waals surface area contributed by atoms with Crippen LogP contribution in [0.2, 0.25) is 0 Å². The summed E-state index contributed by atoms with van der Waals surface area (Å²) < 4.78 is 35.8. The number of carbonyl (C=O) groups excluding carboxylic acids is 2. The van der Waals surface area contributed by atoms with Gasteiger partial charge in [-0.2, -0.15) is 9.40 Å². The Balaban J connectivity index is 1.26. The molecule has 224 valence electrons. The summed E-state index contributed by atoms with van der Waals surface area (Å²) in [7, 11) is -0.628. The molecule has 0 fully saturated rings. The third kappa shape index (κ3) is 5.12. The maximum atomic E-state index is 13.9. The number of anilines is 1. The highest BCUT2D eigenvalue weighted by molar-refractivity contribution is 7.89. The summed E-state index contributed by atoms with van der Waals surface area (Å²) in [6, 6.07) is 22.5. The van der Waals surface area contributed by atoms with Crippen molar-refractivity contribution < 1.29 is 22.7 Å². The first-order chi connectivity index (χ1) is 21.2. The minimum Gasteiger partial charge on any atom is -0.497 e. The van der Waals surface area contributed by atoms with Crippen molar-refractivity contribution in [3.8, 4) is 17.1 Å². The number of nitrogens with zero attached hydrogens (tertiary/aromatic N) is 6. The van der Waals surface area contributed by atoms with E-state index in [-0.39, 0.29) is 28.7 Å². The minimum absolute atomic E-state index is 0.0525. The average molecular weight is 612 g/mol. The van der Waals surface area contributed by atoms with Crippen LogP contribution in [0.1, 0.15) is 32.4 Å². The first-order valence-electron chi connectivity index (χ1n) is 13.7. The van der Waals surface area contributed by atoms with Gasteiger partial charge in [0.15, 0.2) is 5.69 Å². The largest absolute Gasteiger partial charge is 0.497 e. The molecule has 2 amide bonds. The maximum absolute atomic E-state index is 13.9. The van der Waals surface area contributed by atoms with Crippen LogP contribution >= 0.6 is 0 Å². The lowest BCUT2D eigenvalue weighted by Gasteiger charge is -2.28. The fourth-order valence-electron chi connectivity index (χ4n) is 5.25. The zero-order valence-electron chi connectivity index (χ0n) is 24.0. The van der Waals surface area contributed by atoms with Gasteiger partial charge < -0.3 is 19.9 Å². The van der Waals surface area contributed by atoms with Crippen molar-refractivity contribution in [1.82, 2.24) is 23.6 Å². The van der Waals surface area contributed by atoms with Crippen LogP contribution in [-0.2, 0) is 23.0 Å². The number of rotatable bonds is 9. The van der Waals surface area contributed by atoms with E-state index < -0.39 is 15.9 Å². The van der Waals surface area contributed by atoms with E-state index in [0.29, 0.717) is 41.5 Å². The van der Waals surface area contributed by atoms with Crippen molar-refractivity contribution in [2.45, 2.75) is 17.9 Å². The smallest absolute Gasteiger partial charge is 0.277 e. The van der Waals surface area contributed by atoms with Crippen LogP contribution in [0.5, 0.6) is 5.75 Å². The van der Waals surface area contributed by atoms with Crippen LogP contribution in [-0.4, -0.2) is 64.6 Å². The number of carbonyl (C=O) groups is 2. The molecule has 0 saturated heterocycles. The molecule has 0 saturated carbocycles. The fourth-order valence-corrected chi connectivity index (χ4v) is 6.40. The highest BCUT2D eigenvalue weighted by Crippen LogP contribution is 2.30. The Morgan fingerprint density at radius 1 is 0.977 bits per heavy atom. The van der Waals surface area contributed by atoms with E-state index in [1.807, 2.05) is 24.3 Å². The van der Waals surface area contributed by atoms with Gasteiger partial charge in [0, 0.05) is 42.9 Å². The molecule has 2 N–H and O–H groups in total. The van der Waals surface area contributed by atoms with Crippen molar-refractivity contribution in [2.24, 2.45) is 5.73 Å². The molecule has 5 aromatic rings. The molecule has 6 rings (SSSR count). The number of hydrogen-bond acceptors (Lipinski definition) is 7. The van der Waals surface area contributed by atoms with Crippen LogP contribution < -0.4 is 15.4 Å². The first kappa shape index (κ1) is 28.8. The molecule has 12 nitrogen and oxygen atoms in total. The predicted molar refractivity (Wildman–Crippen MR) is 163 cm³/mol. The topological polar surface area (TPSA) is 146 Å². The Bertz CT molecular complexity index is 1950. The molecular weight excluding hydrogens is 582 g/mol. The summed E-state index contributed by atoms with van der Waals surface area (Å²) in [6.45, 7) is 0.384. The van der Waals surface area contributed by atoms with Gasteiger partial charge in [-0.15, -0.1) is 0 Å². The lowest BCUT2D eigenvalue weighted by atomic mass is 10.0. The summed E-state index contributed by atoms with van der Waals surface area (Å²) in [5.41, 5.74) is 8.48. The molecule has 0 radical (unpaired) electrons. The van der Waals surface area contributed by atoms with Gasteiger partial charge in [0.2, 0.25) is 10.0 Å².